The number of benzene rings is 1. The van der Waals surface area contributed by atoms with Crippen LogP contribution in [0, 0.1) is 0 Å². The summed E-state index contributed by atoms with van der Waals surface area (Å²) in [6.45, 7) is 7.19. The highest BCUT2D eigenvalue weighted by Gasteiger charge is 2.21. The molecule has 6 rings (SSSR count). The zero-order valence-electron chi connectivity index (χ0n) is 22.5. The Morgan fingerprint density at radius 3 is 2.08 bits per heavy atom. The minimum absolute atomic E-state index is 0.503. The summed E-state index contributed by atoms with van der Waals surface area (Å²) < 4.78 is 6.82. The van der Waals surface area contributed by atoms with E-state index < -0.39 is 0 Å². The molecule has 2 fully saturated rings. The summed E-state index contributed by atoms with van der Waals surface area (Å²) in [5.74, 6) is 1.92. The van der Waals surface area contributed by atoms with Gasteiger partial charge >= 0.3 is 0 Å². The van der Waals surface area contributed by atoms with Crippen LogP contribution in [0.5, 0.6) is 0 Å². The van der Waals surface area contributed by atoms with Gasteiger partial charge in [0.2, 0.25) is 17.8 Å². The normalized spacial score (nSPS) is 15.9. The van der Waals surface area contributed by atoms with Crippen LogP contribution < -0.4 is 15.1 Å². The van der Waals surface area contributed by atoms with Crippen LogP contribution in [0.3, 0.4) is 0 Å². The maximum Gasteiger partial charge on any atom is 0.232 e. The van der Waals surface area contributed by atoms with E-state index in [9.17, 15) is 0 Å². The molecule has 2 aliphatic rings. The van der Waals surface area contributed by atoms with Crippen LogP contribution in [-0.2, 0) is 18.2 Å². The summed E-state index contributed by atoms with van der Waals surface area (Å²) in [6, 6.07) is 10.4. The van der Waals surface area contributed by atoms with E-state index in [0.717, 1.165) is 76.1 Å². The van der Waals surface area contributed by atoms with Gasteiger partial charge in [-0.2, -0.15) is 10.1 Å². The number of aromatic nitrogens is 7. The number of rotatable bonds is 6. The molecular weight excluding hydrogens is 494 g/mol. The van der Waals surface area contributed by atoms with Crippen molar-refractivity contribution in [3.63, 3.8) is 0 Å². The van der Waals surface area contributed by atoms with E-state index in [0.29, 0.717) is 11.9 Å². The molecule has 0 bridgehead atoms. The van der Waals surface area contributed by atoms with E-state index in [-0.39, 0.29) is 0 Å². The molecule has 0 amide bonds. The molecule has 0 atom stereocenters. The molecule has 2 aliphatic heterocycles. The molecule has 1 N–H and O–H groups in total. The van der Waals surface area contributed by atoms with E-state index in [4.69, 9.17) is 4.74 Å². The van der Waals surface area contributed by atoms with Crippen molar-refractivity contribution in [1.82, 2.24) is 39.6 Å². The van der Waals surface area contributed by atoms with E-state index in [1.807, 2.05) is 31.7 Å². The molecule has 204 valence electrons. The fourth-order valence-corrected chi connectivity index (χ4v) is 4.31. The first-order valence-electron chi connectivity index (χ1n) is 13.2. The molecule has 0 saturated carbocycles. The molecule has 0 radical (unpaired) electrons. The summed E-state index contributed by atoms with van der Waals surface area (Å²) in [6.07, 6.45) is 9.81. The molecule has 0 aliphatic carbocycles. The molecule has 12 heteroatoms. The molecule has 0 unspecified atom stereocenters. The Morgan fingerprint density at radius 2 is 1.46 bits per heavy atom. The van der Waals surface area contributed by atoms with Gasteiger partial charge < -0.3 is 24.8 Å². The number of morpholine rings is 1. The highest BCUT2D eigenvalue weighted by atomic mass is 16.5. The van der Waals surface area contributed by atoms with Gasteiger partial charge in [0.05, 0.1) is 25.1 Å². The van der Waals surface area contributed by atoms with Crippen LogP contribution in [0.15, 0.2) is 61.4 Å². The highest BCUT2D eigenvalue weighted by Crippen LogP contribution is 2.17. The van der Waals surface area contributed by atoms with Crippen LogP contribution in [0.1, 0.15) is 11.1 Å². The van der Waals surface area contributed by atoms with Gasteiger partial charge in [-0.15, -0.1) is 0 Å². The van der Waals surface area contributed by atoms with E-state index in [1.165, 1.54) is 11.9 Å². The fraction of sp³-hybridized carbons (Fsp3) is 0.407. The quantitative estimate of drug-likeness (QED) is 0.396. The first-order chi connectivity index (χ1) is 19.1. The minimum atomic E-state index is 0.503. The molecule has 1 aromatic carbocycles. The molecule has 5 heterocycles. The van der Waals surface area contributed by atoms with E-state index >= 15 is 0 Å². The van der Waals surface area contributed by atoms with Crippen molar-refractivity contribution >= 4 is 23.5 Å². The number of ether oxygens (including phenoxy) is 1. The lowest BCUT2D eigenvalue weighted by atomic mass is 10.1. The average Bonchev–Trinajstić information content (AvgIpc) is 3.39. The Balaban J connectivity index is 0.000000384. The largest absolute Gasteiger partial charge is 0.379 e. The lowest BCUT2D eigenvalue weighted by Crippen LogP contribution is -2.47. The highest BCUT2D eigenvalue weighted by molar-refractivity contribution is 5.51. The number of hydrogen-bond donors (Lipinski definition) is 1. The van der Waals surface area contributed by atoms with Crippen LogP contribution in [0.2, 0.25) is 0 Å². The number of hydrogen-bond acceptors (Lipinski definition) is 11. The molecule has 0 spiro atoms. The van der Waals surface area contributed by atoms with Gasteiger partial charge in [0.25, 0.3) is 0 Å². The smallest absolute Gasteiger partial charge is 0.232 e. The monoisotopic (exact) mass is 529 g/mol. The number of nitrogens with one attached hydrogen (secondary N) is 1. The van der Waals surface area contributed by atoms with Crippen molar-refractivity contribution in [2.75, 3.05) is 74.6 Å². The van der Waals surface area contributed by atoms with Crippen LogP contribution >= 0.6 is 0 Å². The molecule has 2 saturated heterocycles. The number of nitrogens with zero attached hydrogens (tertiary/aromatic N) is 10. The summed E-state index contributed by atoms with van der Waals surface area (Å²) in [5, 5.41) is 7.30. The van der Waals surface area contributed by atoms with Gasteiger partial charge in [0.1, 0.15) is 6.33 Å². The number of piperazine rings is 1. The minimum Gasteiger partial charge on any atom is -0.379 e. The molecule has 4 aromatic rings. The van der Waals surface area contributed by atoms with Crippen molar-refractivity contribution in [2.45, 2.75) is 6.42 Å². The lowest BCUT2D eigenvalue weighted by Gasteiger charge is -2.34. The Morgan fingerprint density at radius 1 is 0.769 bits per heavy atom. The topological polar surface area (TPSA) is 113 Å². The lowest BCUT2D eigenvalue weighted by molar-refractivity contribution is 0.0503. The first kappa shape index (κ1) is 26.4. The van der Waals surface area contributed by atoms with Crippen LogP contribution in [0.25, 0.3) is 0 Å². The van der Waals surface area contributed by atoms with Crippen molar-refractivity contribution in [3.05, 3.63) is 72.6 Å². The SMILES string of the molecule is CN1CCOCC1.Cn1cc(Nc2ncnc(N3CCN(c4ncc(Cc5ccccc5)cn4)CC3)n2)cn1. The number of aryl methyl sites for hydroxylation is 1. The second kappa shape index (κ2) is 13.1. The van der Waals surface area contributed by atoms with Gasteiger partial charge in [0, 0.05) is 71.3 Å². The molecular formula is C27H35N11O. The summed E-state index contributed by atoms with van der Waals surface area (Å²) in [4.78, 5) is 28.9. The number of anilines is 4. The average molecular weight is 530 g/mol. The maximum atomic E-state index is 5.10. The molecule has 12 nitrogen and oxygen atoms in total. The first-order valence-corrected chi connectivity index (χ1v) is 13.2. The Kier molecular flexibility index (Phi) is 8.86. The molecule has 3 aromatic heterocycles. The number of likely N-dealkylation sites (N-methyl/N-ethyl adjacent to an activating group) is 1. The standard InChI is InChI=1S/C22H24N10.C5H11NO/c1-30-15-19(14-27-30)28-20-25-16-26-22(29-20)32-9-7-31(8-10-32)21-23-12-18(13-24-21)11-17-5-3-2-4-6-17;1-6-2-4-7-5-3-6/h2-6,12-16H,7-11H2,1H3,(H,25,26,28,29);2-5H2,1H3. The summed E-state index contributed by atoms with van der Waals surface area (Å²) in [5.41, 5.74) is 3.20. The van der Waals surface area contributed by atoms with Gasteiger partial charge in [0.15, 0.2) is 0 Å². The van der Waals surface area contributed by atoms with E-state index in [2.05, 4.69) is 81.3 Å². The third-order valence-corrected chi connectivity index (χ3v) is 6.54. The summed E-state index contributed by atoms with van der Waals surface area (Å²) in [7, 11) is 3.98. The van der Waals surface area contributed by atoms with Crippen molar-refractivity contribution < 1.29 is 4.74 Å². The third-order valence-electron chi connectivity index (χ3n) is 6.54. The van der Waals surface area contributed by atoms with Crippen molar-refractivity contribution in [1.29, 1.82) is 0 Å². The summed E-state index contributed by atoms with van der Waals surface area (Å²) >= 11 is 0. The van der Waals surface area contributed by atoms with Crippen LogP contribution in [0.4, 0.5) is 23.5 Å². The van der Waals surface area contributed by atoms with Gasteiger partial charge in [-0.25, -0.2) is 19.9 Å². The van der Waals surface area contributed by atoms with Gasteiger partial charge in [-0.3, -0.25) is 4.68 Å². The zero-order valence-corrected chi connectivity index (χ0v) is 22.5. The fourth-order valence-electron chi connectivity index (χ4n) is 4.31. The van der Waals surface area contributed by atoms with Gasteiger partial charge in [-0.1, -0.05) is 30.3 Å². The second-order valence-electron chi connectivity index (χ2n) is 9.58. The van der Waals surface area contributed by atoms with Crippen molar-refractivity contribution in [3.8, 4) is 0 Å². The Labute approximate surface area is 228 Å². The Hall–Kier alpha value is -4.16. The van der Waals surface area contributed by atoms with Gasteiger partial charge in [-0.05, 0) is 18.2 Å². The van der Waals surface area contributed by atoms with Crippen molar-refractivity contribution in [2.24, 2.45) is 7.05 Å². The predicted molar refractivity (Wildman–Crippen MR) is 150 cm³/mol. The molecule has 39 heavy (non-hydrogen) atoms. The van der Waals surface area contributed by atoms with Crippen LogP contribution in [-0.4, -0.2) is 99.1 Å². The second-order valence-corrected chi connectivity index (χ2v) is 9.58. The maximum absolute atomic E-state index is 5.10. The third kappa shape index (κ3) is 7.68. The predicted octanol–water partition coefficient (Wildman–Crippen LogP) is 2.00. The van der Waals surface area contributed by atoms with E-state index in [1.54, 1.807) is 10.9 Å². The zero-order chi connectivity index (χ0) is 26.9. The Bertz CT molecular complexity index is 1280.